The zero-order chi connectivity index (χ0) is 24.9. The fourth-order valence-corrected chi connectivity index (χ4v) is 6.38. The van der Waals surface area contributed by atoms with Crippen LogP contribution in [0.2, 0.25) is 0 Å². The van der Waals surface area contributed by atoms with Crippen molar-refractivity contribution in [3.63, 3.8) is 0 Å². The molecule has 0 bridgehead atoms. The monoisotopic (exact) mass is 509 g/mol. The average Bonchev–Trinajstić information content (AvgIpc) is 3.40. The molecule has 1 aromatic carbocycles. The summed E-state index contributed by atoms with van der Waals surface area (Å²) in [5.41, 5.74) is 4.07. The number of hydrogen-bond acceptors (Lipinski definition) is 7. The summed E-state index contributed by atoms with van der Waals surface area (Å²) in [5.74, 6) is 2.00. The van der Waals surface area contributed by atoms with E-state index in [2.05, 4.69) is 60.6 Å². The topological polar surface area (TPSA) is 92.8 Å². The van der Waals surface area contributed by atoms with E-state index in [0.29, 0.717) is 34.8 Å². The zero-order valence-corrected chi connectivity index (χ0v) is 22.3. The fraction of sp³-hybridized carbons (Fsp3) is 0.462. The summed E-state index contributed by atoms with van der Waals surface area (Å²) in [7, 11) is 0. The van der Waals surface area contributed by atoms with E-state index in [9.17, 15) is 10.1 Å². The number of aryl methyl sites for hydroxylation is 2. The van der Waals surface area contributed by atoms with Crippen LogP contribution < -0.4 is 10.1 Å². The molecule has 0 spiro atoms. The van der Waals surface area contributed by atoms with Crippen LogP contribution in [0.4, 0.5) is 5.00 Å². The number of nitrogens with one attached hydrogen (secondary N) is 1. The minimum atomic E-state index is -0.144. The van der Waals surface area contributed by atoms with Gasteiger partial charge in [0.2, 0.25) is 5.91 Å². The zero-order valence-electron chi connectivity index (χ0n) is 20.7. The molecule has 0 unspecified atom stereocenters. The minimum Gasteiger partial charge on any atom is -0.485 e. The number of anilines is 1. The van der Waals surface area contributed by atoms with Crippen molar-refractivity contribution in [1.29, 1.82) is 5.26 Å². The van der Waals surface area contributed by atoms with Crippen molar-refractivity contribution in [2.24, 2.45) is 0 Å². The first-order chi connectivity index (χ1) is 16.9. The van der Waals surface area contributed by atoms with Crippen LogP contribution in [0, 0.1) is 18.3 Å². The maximum Gasteiger partial charge on any atom is 0.235 e. The van der Waals surface area contributed by atoms with Gasteiger partial charge in [0, 0.05) is 11.4 Å². The van der Waals surface area contributed by atoms with Crippen molar-refractivity contribution < 1.29 is 9.53 Å². The standard InChI is InChI=1S/C26H31N5O2S2/c1-5-31-23(14-33-21-12-17(4)10-11-18(21)16(2)3)29-30-26(31)34-15-24(32)28-25-20(13-27)19-8-6-7-9-22(19)35-25/h10-12,16H,5-9,14-15H2,1-4H3,(H,28,32). The number of thioether (sulfide) groups is 1. The molecule has 1 N–H and O–H groups in total. The quantitative estimate of drug-likeness (QED) is 0.364. The molecule has 0 atom stereocenters. The Bertz CT molecular complexity index is 1260. The number of rotatable bonds is 9. The Morgan fingerprint density at radius 3 is 2.86 bits per heavy atom. The van der Waals surface area contributed by atoms with E-state index in [1.54, 1.807) is 11.3 Å². The molecule has 0 radical (unpaired) electrons. The second-order valence-corrected chi connectivity index (χ2v) is 11.0. The Hall–Kier alpha value is -2.83. The number of carbonyl (C=O) groups is 1. The number of thiophene rings is 1. The van der Waals surface area contributed by atoms with Crippen LogP contribution in [0.3, 0.4) is 0 Å². The first-order valence-corrected chi connectivity index (χ1v) is 13.8. The molecule has 2 heterocycles. The first-order valence-electron chi connectivity index (χ1n) is 12.0. The molecule has 4 rings (SSSR count). The van der Waals surface area contributed by atoms with Gasteiger partial charge in [0.1, 0.15) is 23.4 Å². The van der Waals surface area contributed by atoms with Gasteiger partial charge < -0.3 is 14.6 Å². The Kier molecular flexibility index (Phi) is 8.14. The smallest absolute Gasteiger partial charge is 0.235 e. The van der Waals surface area contributed by atoms with Gasteiger partial charge in [-0.3, -0.25) is 4.79 Å². The minimum absolute atomic E-state index is 0.144. The summed E-state index contributed by atoms with van der Waals surface area (Å²) < 4.78 is 8.13. The number of amides is 1. The van der Waals surface area contributed by atoms with Crippen molar-refractivity contribution in [3.05, 3.63) is 51.2 Å². The number of aromatic nitrogens is 3. The van der Waals surface area contributed by atoms with Gasteiger partial charge in [-0.25, -0.2) is 0 Å². The normalized spacial score (nSPS) is 12.9. The predicted octanol–water partition coefficient (Wildman–Crippen LogP) is 5.85. The molecular formula is C26H31N5O2S2. The highest BCUT2D eigenvalue weighted by Gasteiger charge is 2.22. The third kappa shape index (κ3) is 5.71. The molecule has 0 saturated heterocycles. The van der Waals surface area contributed by atoms with Crippen molar-refractivity contribution >= 4 is 34.0 Å². The molecule has 1 amide bonds. The summed E-state index contributed by atoms with van der Waals surface area (Å²) in [5, 5.41) is 22.6. The Morgan fingerprint density at radius 2 is 2.11 bits per heavy atom. The molecule has 184 valence electrons. The maximum absolute atomic E-state index is 12.7. The lowest BCUT2D eigenvalue weighted by atomic mass is 9.96. The van der Waals surface area contributed by atoms with Gasteiger partial charge in [-0.05, 0) is 68.2 Å². The fourth-order valence-electron chi connectivity index (χ4n) is 4.30. The lowest BCUT2D eigenvalue weighted by molar-refractivity contribution is -0.113. The van der Waals surface area contributed by atoms with Crippen molar-refractivity contribution in [3.8, 4) is 11.8 Å². The van der Waals surface area contributed by atoms with E-state index in [4.69, 9.17) is 4.74 Å². The lowest BCUT2D eigenvalue weighted by Crippen LogP contribution is -2.15. The van der Waals surface area contributed by atoms with Gasteiger partial charge in [0.05, 0.1) is 11.3 Å². The second-order valence-electron chi connectivity index (χ2n) is 8.99. The molecule has 2 aromatic heterocycles. The number of hydrogen-bond donors (Lipinski definition) is 1. The third-order valence-electron chi connectivity index (χ3n) is 6.13. The number of benzene rings is 1. The molecular weight excluding hydrogens is 478 g/mol. The van der Waals surface area contributed by atoms with E-state index in [1.807, 2.05) is 11.5 Å². The highest BCUT2D eigenvalue weighted by molar-refractivity contribution is 7.99. The van der Waals surface area contributed by atoms with E-state index in [0.717, 1.165) is 53.9 Å². The summed E-state index contributed by atoms with van der Waals surface area (Å²) >= 11 is 2.89. The van der Waals surface area contributed by atoms with Crippen molar-refractivity contribution in [2.75, 3.05) is 11.1 Å². The van der Waals surface area contributed by atoms with Crippen LogP contribution in [0.15, 0.2) is 23.4 Å². The second kappa shape index (κ2) is 11.3. The van der Waals surface area contributed by atoms with E-state index >= 15 is 0 Å². The number of fused-ring (bicyclic) bond motifs is 1. The molecule has 0 aliphatic heterocycles. The van der Waals surface area contributed by atoms with Gasteiger partial charge in [-0.1, -0.05) is 37.7 Å². The third-order valence-corrected chi connectivity index (χ3v) is 8.30. The average molecular weight is 510 g/mol. The molecule has 7 nitrogen and oxygen atoms in total. The molecule has 1 aliphatic carbocycles. The van der Waals surface area contributed by atoms with Crippen molar-refractivity contribution in [2.45, 2.75) is 77.6 Å². The number of nitrogens with zero attached hydrogens (tertiary/aromatic N) is 4. The summed E-state index contributed by atoms with van der Waals surface area (Å²) in [6, 6.07) is 8.56. The highest BCUT2D eigenvalue weighted by Crippen LogP contribution is 2.37. The van der Waals surface area contributed by atoms with Crippen LogP contribution in [-0.2, 0) is 30.8 Å². The maximum atomic E-state index is 12.7. The number of nitriles is 1. The van der Waals surface area contributed by atoms with Crippen LogP contribution in [-0.4, -0.2) is 26.4 Å². The summed E-state index contributed by atoms with van der Waals surface area (Å²) in [6.07, 6.45) is 4.15. The molecule has 0 fully saturated rings. The molecule has 0 saturated carbocycles. The van der Waals surface area contributed by atoms with Crippen LogP contribution in [0.1, 0.15) is 72.5 Å². The van der Waals surface area contributed by atoms with E-state index < -0.39 is 0 Å². The van der Waals surface area contributed by atoms with Gasteiger partial charge in [0.15, 0.2) is 11.0 Å². The molecule has 1 aliphatic rings. The molecule has 3 aromatic rings. The summed E-state index contributed by atoms with van der Waals surface area (Å²) in [4.78, 5) is 13.9. The van der Waals surface area contributed by atoms with Crippen LogP contribution in [0.25, 0.3) is 0 Å². The van der Waals surface area contributed by atoms with Crippen LogP contribution >= 0.6 is 23.1 Å². The molecule has 35 heavy (non-hydrogen) atoms. The van der Waals surface area contributed by atoms with Gasteiger partial charge in [-0.15, -0.1) is 21.5 Å². The Balaban J connectivity index is 1.40. The largest absolute Gasteiger partial charge is 0.485 e. The van der Waals surface area contributed by atoms with E-state index in [1.165, 1.54) is 16.6 Å². The first kappa shape index (κ1) is 25.3. The predicted molar refractivity (Wildman–Crippen MR) is 140 cm³/mol. The Labute approximate surface area is 214 Å². The SMILES string of the molecule is CCn1c(COc2cc(C)ccc2C(C)C)nnc1SCC(=O)Nc1sc2c(c1C#N)CCCC2. The molecule has 9 heteroatoms. The highest BCUT2D eigenvalue weighted by atomic mass is 32.2. The van der Waals surface area contributed by atoms with Gasteiger partial charge in [0.25, 0.3) is 0 Å². The number of ether oxygens (including phenoxy) is 1. The lowest BCUT2D eigenvalue weighted by Gasteiger charge is -2.15. The Morgan fingerprint density at radius 1 is 1.31 bits per heavy atom. The van der Waals surface area contributed by atoms with Crippen molar-refractivity contribution in [1.82, 2.24) is 14.8 Å². The number of carbonyl (C=O) groups excluding carboxylic acids is 1. The van der Waals surface area contributed by atoms with E-state index in [-0.39, 0.29) is 11.7 Å². The van der Waals surface area contributed by atoms with Gasteiger partial charge >= 0.3 is 0 Å². The summed E-state index contributed by atoms with van der Waals surface area (Å²) in [6.45, 7) is 9.36. The van der Waals surface area contributed by atoms with Gasteiger partial charge in [-0.2, -0.15) is 5.26 Å². The van der Waals surface area contributed by atoms with Crippen LogP contribution in [0.5, 0.6) is 5.75 Å².